The zero-order chi connectivity index (χ0) is 13.0. The first kappa shape index (κ1) is 13.1. The summed E-state index contributed by atoms with van der Waals surface area (Å²) < 4.78 is 5.54. The number of furan rings is 1. The lowest BCUT2D eigenvalue weighted by atomic mass is 10.1. The van der Waals surface area contributed by atoms with Crippen LogP contribution in [0.1, 0.15) is 18.9 Å². The summed E-state index contributed by atoms with van der Waals surface area (Å²) in [7, 11) is 2.14. The van der Waals surface area contributed by atoms with E-state index >= 15 is 0 Å². The van der Waals surface area contributed by atoms with Crippen LogP contribution in [0.4, 0.5) is 0 Å². The van der Waals surface area contributed by atoms with Gasteiger partial charge in [0.05, 0.1) is 6.26 Å². The van der Waals surface area contributed by atoms with Gasteiger partial charge in [0, 0.05) is 18.0 Å². The molecule has 0 aliphatic carbocycles. The molecule has 18 heavy (non-hydrogen) atoms. The van der Waals surface area contributed by atoms with Gasteiger partial charge < -0.3 is 15.1 Å². The van der Waals surface area contributed by atoms with Crippen LogP contribution in [0.15, 0.2) is 34.9 Å². The monoisotopic (exact) mass is 246 g/mol. The van der Waals surface area contributed by atoms with Crippen molar-refractivity contribution in [2.45, 2.75) is 25.8 Å². The molecule has 0 spiro atoms. The summed E-state index contributed by atoms with van der Waals surface area (Å²) in [4.78, 5) is 2.32. The predicted molar refractivity (Wildman–Crippen MR) is 75.7 cm³/mol. The Bertz CT molecular complexity index is 490. The summed E-state index contributed by atoms with van der Waals surface area (Å²) in [5.41, 5.74) is 8.03. The lowest BCUT2D eigenvalue weighted by Crippen LogP contribution is -2.27. The van der Waals surface area contributed by atoms with Crippen molar-refractivity contribution < 1.29 is 4.42 Å². The molecular formula is C15H22N2O. The molecule has 1 heterocycles. The summed E-state index contributed by atoms with van der Waals surface area (Å²) in [5.74, 6) is 0. The highest BCUT2D eigenvalue weighted by molar-refractivity contribution is 5.80. The highest BCUT2D eigenvalue weighted by atomic mass is 16.3. The van der Waals surface area contributed by atoms with Gasteiger partial charge in [-0.25, -0.2) is 0 Å². The molecule has 98 valence electrons. The van der Waals surface area contributed by atoms with Crippen LogP contribution in [-0.4, -0.2) is 31.1 Å². The molecule has 0 bridgehead atoms. The van der Waals surface area contributed by atoms with Gasteiger partial charge in [0.15, 0.2) is 0 Å². The average Bonchev–Trinajstić information content (AvgIpc) is 2.77. The molecule has 0 saturated carbocycles. The lowest BCUT2D eigenvalue weighted by molar-refractivity contribution is 0.324. The highest BCUT2D eigenvalue weighted by Gasteiger charge is 2.06. The SMILES string of the molecule is CC(N)CCN(C)CCc1coc2ccccc12. The van der Waals surface area contributed by atoms with Crippen molar-refractivity contribution in [1.82, 2.24) is 4.90 Å². The van der Waals surface area contributed by atoms with Gasteiger partial charge in [0.2, 0.25) is 0 Å². The zero-order valence-corrected chi connectivity index (χ0v) is 11.2. The maximum Gasteiger partial charge on any atom is 0.134 e. The second-order valence-electron chi connectivity index (χ2n) is 5.08. The molecule has 2 N–H and O–H groups in total. The normalized spacial score (nSPS) is 13.3. The zero-order valence-electron chi connectivity index (χ0n) is 11.2. The Hall–Kier alpha value is -1.32. The second-order valence-corrected chi connectivity index (χ2v) is 5.08. The number of nitrogens with zero attached hydrogens (tertiary/aromatic N) is 1. The van der Waals surface area contributed by atoms with E-state index in [9.17, 15) is 0 Å². The van der Waals surface area contributed by atoms with Crippen LogP contribution < -0.4 is 5.73 Å². The summed E-state index contributed by atoms with van der Waals surface area (Å²) >= 11 is 0. The molecule has 1 aromatic carbocycles. The Balaban J connectivity index is 1.90. The molecule has 0 aliphatic rings. The fourth-order valence-corrected chi connectivity index (χ4v) is 2.07. The third-order valence-electron chi connectivity index (χ3n) is 3.29. The molecule has 1 unspecified atom stereocenters. The number of benzene rings is 1. The van der Waals surface area contributed by atoms with Gasteiger partial charge in [0.25, 0.3) is 0 Å². The first-order valence-corrected chi connectivity index (χ1v) is 6.56. The molecular weight excluding hydrogens is 224 g/mol. The minimum Gasteiger partial charge on any atom is -0.464 e. The van der Waals surface area contributed by atoms with Crippen molar-refractivity contribution in [3.05, 3.63) is 36.1 Å². The molecule has 2 aromatic rings. The molecule has 3 nitrogen and oxygen atoms in total. The third kappa shape index (κ3) is 3.34. The van der Waals surface area contributed by atoms with E-state index in [0.29, 0.717) is 0 Å². The largest absolute Gasteiger partial charge is 0.464 e. The van der Waals surface area contributed by atoms with Gasteiger partial charge in [-0.2, -0.15) is 0 Å². The van der Waals surface area contributed by atoms with Gasteiger partial charge in [-0.3, -0.25) is 0 Å². The van der Waals surface area contributed by atoms with Crippen LogP contribution in [-0.2, 0) is 6.42 Å². The summed E-state index contributed by atoms with van der Waals surface area (Å²) in [6.07, 6.45) is 3.94. The Morgan fingerprint density at radius 3 is 2.83 bits per heavy atom. The van der Waals surface area contributed by atoms with Crippen molar-refractivity contribution in [3.8, 4) is 0 Å². The van der Waals surface area contributed by atoms with E-state index in [1.165, 1.54) is 10.9 Å². The number of likely N-dealkylation sites (N-methyl/N-ethyl adjacent to an activating group) is 1. The molecule has 0 aliphatic heterocycles. The van der Waals surface area contributed by atoms with E-state index in [4.69, 9.17) is 10.2 Å². The number of hydrogen-bond donors (Lipinski definition) is 1. The Labute approximate surface area is 109 Å². The standard InChI is InChI=1S/C15H22N2O/c1-12(16)7-9-17(2)10-8-13-11-18-15-6-4-3-5-14(13)15/h3-6,11-12H,7-10,16H2,1-2H3. The smallest absolute Gasteiger partial charge is 0.134 e. The molecule has 0 amide bonds. The van der Waals surface area contributed by atoms with Crippen LogP contribution in [0, 0.1) is 0 Å². The second kappa shape index (κ2) is 6.03. The Morgan fingerprint density at radius 1 is 1.28 bits per heavy atom. The average molecular weight is 246 g/mol. The first-order valence-electron chi connectivity index (χ1n) is 6.56. The molecule has 0 saturated heterocycles. The summed E-state index contributed by atoms with van der Waals surface area (Å²) in [5, 5.41) is 1.23. The quantitative estimate of drug-likeness (QED) is 0.852. The van der Waals surface area contributed by atoms with Crippen LogP contribution in [0.25, 0.3) is 11.0 Å². The predicted octanol–water partition coefficient (Wildman–Crippen LogP) is 2.64. The summed E-state index contributed by atoms with van der Waals surface area (Å²) in [6.45, 7) is 4.14. The number of fused-ring (bicyclic) bond motifs is 1. The fourth-order valence-electron chi connectivity index (χ4n) is 2.07. The maximum atomic E-state index is 5.76. The summed E-state index contributed by atoms with van der Waals surface area (Å²) in [6, 6.07) is 8.47. The van der Waals surface area contributed by atoms with Crippen molar-refractivity contribution in [2.75, 3.05) is 20.1 Å². The van der Waals surface area contributed by atoms with Crippen LogP contribution in [0.5, 0.6) is 0 Å². The van der Waals surface area contributed by atoms with E-state index in [2.05, 4.69) is 31.0 Å². The molecule has 1 atom stereocenters. The van der Waals surface area contributed by atoms with E-state index in [0.717, 1.165) is 31.5 Å². The Kier molecular flexibility index (Phi) is 4.39. The maximum absolute atomic E-state index is 5.76. The van der Waals surface area contributed by atoms with Crippen molar-refractivity contribution in [3.63, 3.8) is 0 Å². The van der Waals surface area contributed by atoms with Crippen LogP contribution in [0.3, 0.4) is 0 Å². The number of hydrogen-bond acceptors (Lipinski definition) is 3. The Morgan fingerprint density at radius 2 is 2.06 bits per heavy atom. The van der Waals surface area contributed by atoms with Gasteiger partial charge in [0.1, 0.15) is 5.58 Å². The van der Waals surface area contributed by atoms with Gasteiger partial charge in [-0.05, 0) is 45.0 Å². The lowest BCUT2D eigenvalue weighted by Gasteiger charge is -2.17. The first-order chi connectivity index (χ1) is 8.66. The van der Waals surface area contributed by atoms with E-state index in [1.807, 2.05) is 18.4 Å². The van der Waals surface area contributed by atoms with E-state index < -0.39 is 0 Å². The van der Waals surface area contributed by atoms with E-state index in [1.54, 1.807) is 0 Å². The molecule has 2 rings (SSSR count). The topological polar surface area (TPSA) is 42.4 Å². The number of para-hydroxylation sites is 1. The van der Waals surface area contributed by atoms with Crippen molar-refractivity contribution in [1.29, 1.82) is 0 Å². The molecule has 0 radical (unpaired) electrons. The third-order valence-corrected chi connectivity index (χ3v) is 3.29. The fraction of sp³-hybridized carbons (Fsp3) is 0.467. The minimum absolute atomic E-state index is 0.280. The number of rotatable bonds is 6. The molecule has 0 fully saturated rings. The highest BCUT2D eigenvalue weighted by Crippen LogP contribution is 2.21. The number of nitrogens with two attached hydrogens (primary N) is 1. The van der Waals surface area contributed by atoms with Crippen LogP contribution >= 0.6 is 0 Å². The molecule has 3 heteroatoms. The van der Waals surface area contributed by atoms with Crippen LogP contribution in [0.2, 0.25) is 0 Å². The van der Waals surface area contributed by atoms with Gasteiger partial charge >= 0.3 is 0 Å². The van der Waals surface area contributed by atoms with Gasteiger partial charge in [-0.1, -0.05) is 18.2 Å². The van der Waals surface area contributed by atoms with E-state index in [-0.39, 0.29) is 6.04 Å². The molecule has 1 aromatic heterocycles. The minimum atomic E-state index is 0.280. The van der Waals surface area contributed by atoms with Crippen molar-refractivity contribution in [2.24, 2.45) is 5.73 Å². The van der Waals surface area contributed by atoms with Gasteiger partial charge in [-0.15, -0.1) is 0 Å². The van der Waals surface area contributed by atoms with Crippen molar-refractivity contribution >= 4 is 11.0 Å².